The predicted octanol–water partition coefficient (Wildman–Crippen LogP) is -1.10. The minimum absolute atomic E-state index is 0.124. The molecule has 0 aromatic carbocycles. The van der Waals surface area contributed by atoms with Crippen molar-refractivity contribution in [3.05, 3.63) is 0 Å². The monoisotopic (exact) mass is 221 g/mol. The van der Waals surface area contributed by atoms with Crippen molar-refractivity contribution in [1.82, 2.24) is 0 Å². The summed E-state index contributed by atoms with van der Waals surface area (Å²) in [5.74, 6) is -0.514. The number of aliphatic hydroxyl groups excluding tert-OH is 1. The Bertz CT molecular complexity index is 165. The Morgan fingerprint density at radius 1 is 1.33 bits per heavy atom. The predicted molar refractivity (Wildman–Crippen MR) is 53.3 cm³/mol. The van der Waals surface area contributed by atoms with Gasteiger partial charge in [0, 0.05) is 13.7 Å². The van der Waals surface area contributed by atoms with E-state index in [1.165, 1.54) is 0 Å². The molecule has 0 aromatic rings. The third kappa shape index (κ3) is 8.31. The van der Waals surface area contributed by atoms with Crippen molar-refractivity contribution in [2.75, 3.05) is 40.1 Å². The number of ether oxygens (including phenoxy) is 3. The highest BCUT2D eigenvalue weighted by Gasteiger charge is 2.13. The number of hydrogen-bond acceptors (Lipinski definition) is 6. The number of methoxy groups -OCH3 is 1. The van der Waals surface area contributed by atoms with Gasteiger partial charge >= 0.3 is 5.97 Å². The minimum Gasteiger partial charge on any atom is -0.462 e. The van der Waals surface area contributed by atoms with Crippen LogP contribution in [0, 0.1) is 0 Å². The van der Waals surface area contributed by atoms with E-state index in [4.69, 9.17) is 25.1 Å². The molecule has 1 atom stereocenters. The molecule has 0 unspecified atom stereocenters. The number of hydrogen-bond donors (Lipinski definition) is 2. The van der Waals surface area contributed by atoms with Gasteiger partial charge in [0.15, 0.2) is 0 Å². The van der Waals surface area contributed by atoms with Crippen LogP contribution in [-0.2, 0) is 19.0 Å². The molecule has 0 aromatic heterocycles. The van der Waals surface area contributed by atoms with E-state index in [9.17, 15) is 4.79 Å². The number of carbonyl (C=O) groups excluding carboxylic acids is 1. The van der Waals surface area contributed by atoms with Gasteiger partial charge in [-0.05, 0) is 6.42 Å². The highest BCUT2D eigenvalue weighted by Crippen LogP contribution is 1.91. The summed E-state index contributed by atoms with van der Waals surface area (Å²) in [5, 5.41) is 8.53. The Balaban J connectivity index is 3.30. The van der Waals surface area contributed by atoms with Crippen LogP contribution in [-0.4, -0.2) is 57.3 Å². The van der Waals surface area contributed by atoms with Gasteiger partial charge in [0.2, 0.25) is 0 Å². The molecule has 0 aliphatic heterocycles. The summed E-state index contributed by atoms with van der Waals surface area (Å²) in [5.41, 5.74) is 5.39. The maximum atomic E-state index is 11.1. The molecule has 15 heavy (non-hydrogen) atoms. The summed E-state index contributed by atoms with van der Waals surface area (Å²) in [6.45, 7) is 1.35. The molecule has 6 heteroatoms. The van der Waals surface area contributed by atoms with Crippen LogP contribution in [0.1, 0.15) is 6.42 Å². The molecule has 0 radical (unpaired) electrons. The van der Waals surface area contributed by atoms with Crippen LogP contribution in [0.3, 0.4) is 0 Å². The van der Waals surface area contributed by atoms with Gasteiger partial charge in [0.05, 0.1) is 19.8 Å². The lowest BCUT2D eigenvalue weighted by molar-refractivity contribution is -0.147. The Labute approximate surface area is 89.3 Å². The summed E-state index contributed by atoms with van der Waals surface area (Å²) in [6.07, 6.45) is 0.212. The lowest BCUT2D eigenvalue weighted by Gasteiger charge is -2.10. The lowest BCUT2D eigenvalue weighted by Crippen LogP contribution is -2.33. The van der Waals surface area contributed by atoms with E-state index in [-0.39, 0.29) is 19.6 Å². The Morgan fingerprint density at radius 2 is 2.00 bits per heavy atom. The molecule has 0 saturated heterocycles. The van der Waals surface area contributed by atoms with E-state index < -0.39 is 12.0 Å². The van der Waals surface area contributed by atoms with Crippen LogP contribution in [0.25, 0.3) is 0 Å². The van der Waals surface area contributed by atoms with Crippen molar-refractivity contribution in [2.45, 2.75) is 12.5 Å². The van der Waals surface area contributed by atoms with Gasteiger partial charge in [0.25, 0.3) is 0 Å². The largest absolute Gasteiger partial charge is 0.462 e. The molecule has 0 spiro atoms. The average molecular weight is 221 g/mol. The first-order valence-electron chi connectivity index (χ1n) is 4.82. The van der Waals surface area contributed by atoms with E-state index in [0.29, 0.717) is 19.8 Å². The van der Waals surface area contributed by atoms with Gasteiger partial charge < -0.3 is 25.1 Å². The molecular weight excluding hydrogens is 202 g/mol. The second-order valence-electron chi connectivity index (χ2n) is 2.89. The van der Waals surface area contributed by atoms with E-state index in [2.05, 4.69) is 0 Å². The second kappa shape index (κ2) is 9.85. The third-order valence-corrected chi connectivity index (χ3v) is 1.65. The summed E-state index contributed by atoms with van der Waals surface area (Å²) < 4.78 is 14.6. The summed E-state index contributed by atoms with van der Waals surface area (Å²) in [7, 11) is 1.58. The molecule has 3 N–H and O–H groups in total. The van der Waals surface area contributed by atoms with Gasteiger partial charge in [0.1, 0.15) is 12.6 Å². The van der Waals surface area contributed by atoms with Crippen LogP contribution >= 0.6 is 0 Å². The van der Waals surface area contributed by atoms with E-state index in [0.717, 1.165) is 0 Å². The Hall–Kier alpha value is -0.690. The average Bonchev–Trinajstić information content (AvgIpc) is 2.23. The zero-order chi connectivity index (χ0) is 11.5. The fourth-order valence-electron chi connectivity index (χ4n) is 0.809. The molecule has 0 fully saturated rings. The van der Waals surface area contributed by atoms with Crippen LogP contribution in [0.5, 0.6) is 0 Å². The van der Waals surface area contributed by atoms with Crippen molar-refractivity contribution in [3.63, 3.8) is 0 Å². The van der Waals surface area contributed by atoms with Crippen molar-refractivity contribution < 1.29 is 24.1 Å². The number of rotatable bonds is 9. The zero-order valence-electron chi connectivity index (χ0n) is 8.98. The van der Waals surface area contributed by atoms with E-state index in [1.54, 1.807) is 7.11 Å². The molecule has 0 aliphatic rings. The molecule has 6 nitrogen and oxygen atoms in total. The molecule has 0 saturated carbocycles. The van der Waals surface area contributed by atoms with Gasteiger partial charge in [-0.25, -0.2) is 0 Å². The van der Waals surface area contributed by atoms with Crippen LogP contribution in [0.15, 0.2) is 0 Å². The number of nitrogens with two attached hydrogens (primary N) is 1. The van der Waals surface area contributed by atoms with Crippen LogP contribution < -0.4 is 5.73 Å². The van der Waals surface area contributed by atoms with Gasteiger partial charge in [-0.15, -0.1) is 0 Å². The molecule has 90 valence electrons. The topological polar surface area (TPSA) is 91.0 Å². The summed E-state index contributed by atoms with van der Waals surface area (Å²) >= 11 is 0. The lowest BCUT2D eigenvalue weighted by atomic mass is 10.2. The number of carbonyl (C=O) groups is 1. The Kier molecular flexibility index (Phi) is 9.40. The van der Waals surface area contributed by atoms with E-state index >= 15 is 0 Å². The number of esters is 1. The SMILES string of the molecule is COCCOCCOC(=O)[C@H](N)CCO. The van der Waals surface area contributed by atoms with Gasteiger partial charge in [-0.2, -0.15) is 0 Å². The molecule has 0 aliphatic carbocycles. The summed E-state index contributed by atoms with van der Waals surface area (Å²) in [4.78, 5) is 11.1. The van der Waals surface area contributed by atoms with Gasteiger partial charge in [-0.1, -0.05) is 0 Å². The summed E-state index contributed by atoms with van der Waals surface area (Å²) in [6, 6.07) is -0.756. The van der Waals surface area contributed by atoms with Crippen molar-refractivity contribution in [3.8, 4) is 0 Å². The molecule has 0 amide bonds. The highest BCUT2D eigenvalue weighted by molar-refractivity contribution is 5.75. The maximum absolute atomic E-state index is 11.1. The highest BCUT2D eigenvalue weighted by atomic mass is 16.6. The zero-order valence-corrected chi connectivity index (χ0v) is 8.98. The maximum Gasteiger partial charge on any atom is 0.323 e. The van der Waals surface area contributed by atoms with Gasteiger partial charge in [-0.3, -0.25) is 4.79 Å². The van der Waals surface area contributed by atoms with Crippen molar-refractivity contribution in [2.24, 2.45) is 5.73 Å². The van der Waals surface area contributed by atoms with E-state index in [1.807, 2.05) is 0 Å². The molecule has 0 bridgehead atoms. The first kappa shape index (κ1) is 14.3. The van der Waals surface area contributed by atoms with Crippen LogP contribution in [0.2, 0.25) is 0 Å². The first-order valence-corrected chi connectivity index (χ1v) is 4.82. The normalized spacial score (nSPS) is 12.5. The molecular formula is C9H19NO5. The Morgan fingerprint density at radius 3 is 2.60 bits per heavy atom. The second-order valence-corrected chi connectivity index (χ2v) is 2.89. The molecule has 0 heterocycles. The molecule has 0 rings (SSSR count). The quantitative estimate of drug-likeness (QED) is 0.379. The van der Waals surface area contributed by atoms with Crippen LogP contribution in [0.4, 0.5) is 0 Å². The van der Waals surface area contributed by atoms with Crippen molar-refractivity contribution in [1.29, 1.82) is 0 Å². The standard InChI is InChI=1S/C9H19NO5/c1-13-4-5-14-6-7-15-9(12)8(10)2-3-11/h8,11H,2-7,10H2,1H3/t8-/m1/s1. The third-order valence-electron chi connectivity index (χ3n) is 1.65. The fourth-order valence-corrected chi connectivity index (χ4v) is 0.809. The van der Waals surface area contributed by atoms with Crippen molar-refractivity contribution >= 4 is 5.97 Å². The first-order chi connectivity index (χ1) is 7.22. The minimum atomic E-state index is -0.756. The fraction of sp³-hybridized carbons (Fsp3) is 0.889. The smallest absolute Gasteiger partial charge is 0.323 e. The number of aliphatic hydroxyl groups is 1.